The van der Waals surface area contributed by atoms with Crippen LogP contribution in [-0.2, 0) is 76.9 Å². The Morgan fingerprint density at radius 2 is 1.11 bits per heavy atom. The van der Waals surface area contributed by atoms with E-state index in [4.69, 9.17) is 30.8 Å². The quantitative estimate of drug-likeness (QED) is 0.0895. The molecule has 2 unspecified atom stereocenters. The fourth-order valence-corrected chi connectivity index (χ4v) is 19.5. The van der Waals surface area contributed by atoms with Crippen LogP contribution in [-0.4, -0.2) is 105 Å². The minimum Gasteiger partial charge on any atom is -0.744 e. The minimum absolute atomic E-state index is 0.273. The summed E-state index contributed by atoms with van der Waals surface area (Å²) in [5.41, 5.74) is 16.1. The van der Waals surface area contributed by atoms with Crippen molar-refractivity contribution in [3.63, 3.8) is 0 Å². The third-order valence-electron chi connectivity index (χ3n) is 19.4. The van der Waals surface area contributed by atoms with Crippen LogP contribution in [0.4, 0.5) is 11.4 Å². The molecule has 0 spiro atoms. The van der Waals surface area contributed by atoms with Gasteiger partial charge in [0.15, 0.2) is 0 Å². The van der Waals surface area contributed by atoms with E-state index in [1.807, 2.05) is 0 Å². The van der Waals surface area contributed by atoms with Crippen LogP contribution in [0.3, 0.4) is 0 Å². The molecule has 1 aliphatic carbocycles. The molecule has 0 N–H and O–H groups in total. The van der Waals surface area contributed by atoms with Crippen molar-refractivity contribution < 1.29 is 56.8 Å². The van der Waals surface area contributed by atoms with Crippen molar-refractivity contribution >= 4 is 82.4 Å². The first-order chi connectivity index (χ1) is 40.2. The van der Waals surface area contributed by atoms with E-state index in [1.165, 1.54) is 74.5 Å². The lowest BCUT2D eigenvalue weighted by Crippen LogP contribution is -2.45. The molecule has 10 heterocycles. The molecule has 2 atom stereocenters. The van der Waals surface area contributed by atoms with Crippen LogP contribution in [0.2, 0.25) is 0 Å². The Hall–Kier alpha value is -5.58. The first-order valence-corrected chi connectivity index (χ1v) is 36.8. The molecule has 0 saturated heterocycles. The zero-order chi connectivity index (χ0) is 57.9. The van der Waals surface area contributed by atoms with E-state index >= 15 is 0 Å². The Balaban J connectivity index is 0.000000143. The summed E-state index contributed by atoms with van der Waals surface area (Å²) in [6.45, 7) is 8.02. The Bertz CT molecular complexity index is 4550. The van der Waals surface area contributed by atoms with Gasteiger partial charge in [0.1, 0.15) is 69.4 Å². The summed E-state index contributed by atoms with van der Waals surface area (Å²) in [7, 11) is -7.07. The first kappa shape index (κ1) is 55.0. The summed E-state index contributed by atoms with van der Waals surface area (Å²) in [6, 6.07) is 13.6. The Labute approximate surface area is 497 Å². The number of benzene rings is 5. The van der Waals surface area contributed by atoms with Crippen molar-refractivity contribution in [3.05, 3.63) is 144 Å². The number of anilines is 2. The van der Waals surface area contributed by atoms with Crippen LogP contribution in [0.5, 0.6) is 17.2 Å². The number of fused-ring (bicyclic) bond motifs is 7. The highest BCUT2D eigenvalue weighted by Crippen LogP contribution is 2.57. The fraction of sp³-hybridized carbons (Fsp3) is 0.419. The summed E-state index contributed by atoms with van der Waals surface area (Å²) in [5.74, 6) is 2.24. The predicted molar refractivity (Wildman–Crippen MR) is 315 cm³/mol. The summed E-state index contributed by atoms with van der Waals surface area (Å²) >= 11 is 0. The molecule has 16 rings (SSSR count). The van der Waals surface area contributed by atoms with Gasteiger partial charge in [-0.2, -0.15) is 0 Å². The first-order valence-electron chi connectivity index (χ1n) is 29.4. The molecule has 11 aliphatic rings. The van der Waals surface area contributed by atoms with E-state index in [-0.39, 0.29) is 11.5 Å². The standard InChI is InChI=1S/C31H29ClN2O6S2.C31H31ClN2O6S2/c32-41(35,36)26-17-20(42(37,38)39)9-10-21(26)27-24-15-18-5-1-11-33-13-3-7-22(28(18)33)30(24)40-31-23-8-4-14-34-12-2-6-19(29(23)34)16-25(27)31;32-41(35,36)20-9-10-21(26(17-20)42(37,38)39)27-24-15-18-5-1-11-33-13-3-7-22(28(18)33)30(24)40-31-23-8-4-14-34-12-2-6-19(29(23)34)16-25(27)31/h9-10,15-17H,1-8,11-14H2;9-10,15-17,24,27H,1-8,11-14H2. The normalized spacial score (nSPS) is 21.8. The van der Waals surface area contributed by atoms with Gasteiger partial charge in [0.05, 0.1) is 30.7 Å². The maximum atomic E-state index is 13.0. The number of hydrogen-bond acceptors (Lipinski definition) is 14. The Morgan fingerprint density at radius 3 is 1.79 bits per heavy atom. The van der Waals surface area contributed by atoms with Crippen LogP contribution in [0, 0.1) is 5.92 Å². The maximum absolute atomic E-state index is 13.0. The third kappa shape index (κ3) is 8.95. The molecular weight excluding hydrogens is 1190 g/mol. The van der Waals surface area contributed by atoms with Crippen molar-refractivity contribution in [1.82, 2.24) is 4.58 Å². The second kappa shape index (κ2) is 20.0. The molecule has 5 aromatic rings. The second-order valence-corrected chi connectivity index (χ2v) is 32.0. The van der Waals surface area contributed by atoms with Crippen molar-refractivity contribution in [1.29, 1.82) is 0 Å². The van der Waals surface area contributed by atoms with Gasteiger partial charge in [0.25, 0.3) is 18.1 Å². The monoisotopic (exact) mass is 1250 g/mol. The number of nitrogens with zero attached hydrogens (tertiary/aromatic N) is 4. The summed E-state index contributed by atoms with van der Waals surface area (Å²) in [4.78, 5) is 2.92. The number of rotatable bonds is 6. The number of halogens is 2. The van der Waals surface area contributed by atoms with Crippen LogP contribution in [0.1, 0.15) is 126 Å². The summed E-state index contributed by atoms with van der Waals surface area (Å²) in [6.07, 6.45) is 17.5. The number of ether oxygens (including phenoxy) is 2. The van der Waals surface area contributed by atoms with Gasteiger partial charge < -0.3 is 28.4 Å². The van der Waals surface area contributed by atoms with Crippen molar-refractivity contribution in [2.75, 3.05) is 62.2 Å². The average molecular weight is 1250 g/mol. The van der Waals surface area contributed by atoms with Crippen molar-refractivity contribution in [2.45, 2.75) is 128 Å². The highest BCUT2D eigenvalue weighted by Gasteiger charge is 2.48. The zero-order valence-electron chi connectivity index (χ0n) is 46.0. The third-order valence-corrected chi connectivity index (χ3v) is 23.8. The topological polar surface area (TPSA) is 214 Å². The summed E-state index contributed by atoms with van der Waals surface area (Å²) in [5, 5.41) is 2.02. The van der Waals surface area contributed by atoms with Gasteiger partial charge in [0.2, 0.25) is 11.1 Å². The highest BCUT2D eigenvalue weighted by atomic mass is 35.7. The van der Waals surface area contributed by atoms with E-state index in [2.05, 4.69) is 43.2 Å². The molecule has 22 heteroatoms. The van der Waals surface area contributed by atoms with Crippen LogP contribution >= 0.6 is 21.4 Å². The zero-order valence-corrected chi connectivity index (χ0v) is 50.8. The van der Waals surface area contributed by atoms with E-state index in [1.54, 1.807) is 0 Å². The minimum atomic E-state index is -5.05. The van der Waals surface area contributed by atoms with Crippen molar-refractivity contribution in [2.24, 2.45) is 5.92 Å². The molecule has 0 bridgehead atoms. The van der Waals surface area contributed by atoms with E-state index in [0.29, 0.717) is 11.1 Å². The molecule has 0 amide bonds. The Kier molecular flexibility index (Phi) is 13.1. The molecule has 84 heavy (non-hydrogen) atoms. The summed E-state index contributed by atoms with van der Waals surface area (Å²) < 4.78 is 143. The van der Waals surface area contributed by atoms with Crippen LogP contribution in [0.25, 0.3) is 5.57 Å². The molecule has 5 aromatic carbocycles. The number of hydrogen-bond donors (Lipinski definition) is 0. The lowest BCUT2D eigenvalue weighted by atomic mass is 9.69. The van der Waals surface area contributed by atoms with Crippen LogP contribution in [0.15, 0.2) is 97.2 Å². The lowest BCUT2D eigenvalue weighted by Gasteiger charge is -2.44. The van der Waals surface area contributed by atoms with Gasteiger partial charge in [-0.1, -0.05) is 18.2 Å². The van der Waals surface area contributed by atoms with E-state index in [0.717, 1.165) is 223 Å². The average Bonchev–Trinajstić information content (AvgIpc) is 0.917. The van der Waals surface area contributed by atoms with E-state index in [9.17, 15) is 42.8 Å². The highest BCUT2D eigenvalue weighted by molar-refractivity contribution is 8.14. The number of allylic oxidation sites excluding steroid dienone is 3. The van der Waals surface area contributed by atoms with Gasteiger partial charge in [-0.3, -0.25) is 0 Å². The largest absolute Gasteiger partial charge is 0.744 e. The molecule has 0 radical (unpaired) electrons. The molecule has 0 aromatic heterocycles. The van der Waals surface area contributed by atoms with Gasteiger partial charge >= 0.3 is 0 Å². The maximum Gasteiger partial charge on any atom is 0.261 e. The molecular formula is C62H60Cl2N4O12S4. The van der Waals surface area contributed by atoms with Gasteiger partial charge in [-0.05, 0) is 136 Å². The molecule has 16 nitrogen and oxygen atoms in total. The predicted octanol–water partition coefficient (Wildman–Crippen LogP) is 7.55. The van der Waals surface area contributed by atoms with Crippen molar-refractivity contribution in [3.8, 4) is 17.2 Å². The van der Waals surface area contributed by atoms with Gasteiger partial charge in [-0.25, -0.2) is 42.8 Å². The molecule has 0 fully saturated rings. The van der Waals surface area contributed by atoms with E-state index < -0.39 is 63.8 Å². The second-order valence-electron chi connectivity index (χ2n) is 24.1. The molecule has 0 saturated carbocycles. The molecule has 438 valence electrons. The van der Waals surface area contributed by atoms with Gasteiger partial charge in [0, 0.05) is 146 Å². The Morgan fingerprint density at radius 1 is 0.512 bits per heavy atom. The SMILES string of the molecule is O=S(=O)([O-])c1cc(S(=O)(=O)Cl)ccc1C1c2cc3c4c(c2OC2=C5CCC[N+]6=C5C(=CC21)CCC6)CCCN4CCC3.O=S(=O)([O-])c1ccc(C2=c3cc4c5c(c3Oc3c2cc2c6c3CCCN6CCC2)CCC[N+]=5CCC4)c(S(=O)(=O)Cl)c1. The smallest absolute Gasteiger partial charge is 0.261 e. The lowest BCUT2D eigenvalue weighted by molar-refractivity contribution is -0.533. The van der Waals surface area contributed by atoms with Gasteiger partial charge in [-0.15, -0.1) is 0 Å². The fourth-order valence-electron chi connectivity index (χ4n) is 16.2. The number of aryl methyl sites for hydroxylation is 3. The molecule has 10 aliphatic heterocycles. The van der Waals surface area contributed by atoms with Crippen LogP contribution < -0.4 is 34.4 Å².